The summed E-state index contributed by atoms with van der Waals surface area (Å²) in [5.74, 6) is -0.989. The van der Waals surface area contributed by atoms with Gasteiger partial charge in [0, 0.05) is 19.3 Å². The van der Waals surface area contributed by atoms with Gasteiger partial charge in [-0.05, 0) is 96.3 Å². The first-order valence-electron chi connectivity index (χ1n) is 27.7. The van der Waals surface area contributed by atoms with Gasteiger partial charge in [0.2, 0.25) is 0 Å². The molecule has 6 nitrogen and oxygen atoms in total. The quantitative estimate of drug-likeness (QED) is 0.0262. The maximum absolute atomic E-state index is 12.8. The summed E-state index contributed by atoms with van der Waals surface area (Å²) in [7, 11) is 0. The van der Waals surface area contributed by atoms with Crippen molar-refractivity contribution in [3.8, 4) is 0 Å². The maximum atomic E-state index is 12.8. The highest BCUT2D eigenvalue weighted by Gasteiger charge is 2.19. The summed E-state index contributed by atoms with van der Waals surface area (Å²) >= 11 is 0. The Kier molecular flexibility index (Phi) is 51.9. The molecular formula is C61H102O6. The van der Waals surface area contributed by atoms with Gasteiger partial charge in [0.15, 0.2) is 6.10 Å². The van der Waals surface area contributed by atoms with Crippen molar-refractivity contribution >= 4 is 17.9 Å². The lowest BCUT2D eigenvalue weighted by Gasteiger charge is -2.18. The molecule has 0 aromatic heterocycles. The lowest BCUT2D eigenvalue weighted by Crippen LogP contribution is -2.30. The van der Waals surface area contributed by atoms with Gasteiger partial charge in [-0.3, -0.25) is 14.4 Å². The van der Waals surface area contributed by atoms with Gasteiger partial charge in [0.05, 0.1) is 0 Å². The van der Waals surface area contributed by atoms with Gasteiger partial charge >= 0.3 is 17.9 Å². The molecule has 382 valence electrons. The number of unbranched alkanes of at least 4 members (excludes halogenated alkanes) is 22. The Morgan fingerprint density at radius 3 is 0.985 bits per heavy atom. The van der Waals surface area contributed by atoms with E-state index in [1.807, 2.05) is 0 Å². The summed E-state index contributed by atoms with van der Waals surface area (Å²) < 4.78 is 16.8. The minimum absolute atomic E-state index is 0.109. The molecule has 0 aliphatic carbocycles. The number of ether oxygens (including phenoxy) is 3. The van der Waals surface area contributed by atoms with Crippen LogP contribution in [0.5, 0.6) is 0 Å². The van der Waals surface area contributed by atoms with E-state index in [0.29, 0.717) is 19.3 Å². The first-order valence-corrected chi connectivity index (χ1v) is 27.7. The Morgan fingerprint density at radius 1 is 0.313 bits per heavy atom. The van der Waals surface area contributed by atoms with Gasteiger partial charge < -0.3 is 14.2 Å². The van der Waals surface area contributed by atoms with Crippen LogP contribution < -0.4 is 0 Å². The molecule has 0 aromatic carbocycles. The van der Waals surface area contributed by atoms with Crippen molar-refractivity contribution in [1.82, 2.24) is 0 Å². The largest absolute Gasteiger partial charge is 0.462 e. The predicted molar refractivity (Wildman–Crippen MR) is 288 cm³/mol. The van der Waals surface area contributed by atoms with Crippen LogP contribution in [0.4, 0.5) is 0 Å². The van der Waals surface area contributed by atoms with Gasteiger partial charge in [0.1, 0.15) is 13.2 Å². The third-order valence-electron chi connectivity index (χ3n) is 11.6. The standard InChI is InChI=1S/C61H102O6/c1-4-7-10-13-16-19-22-25-27-29-30-32-34-37-39-42-45-48-51-54-60(63)66-57-58(67-61(64)55-52-49-46-43-40-35-24-21-18-15-12-9-6-3)56-65-59(62)53-50-47-44-41-38-36-33-31-28-26-23-20-17-14-11-8-5-2/h7,10,16,19,25-28,30,32-33,36-37,39,41,44,58H,4-6,8-9,11-15,17-18,20-24,29,31,34-35,38,40,42-43,45-57H2,1-3H3/b10-7-,19-16-,27-25-,28-26-,32-30-,36-33-,39-37-,44-41-/t58-/m0/s1. The lowest BCUT2D eigenvalue weighted by atomic mass is 10.0. The Balaban J connectivity index is 4.50. The molecule has 0 radical (unpaired) electrons. The third-order valence-corrected chi connectivity index (χ3v) is 11.6. The Morgan fingerprint density at radius 2 is 0.597 bits per heavy atom. The van der Waals surface area contributed by atoms with Gasteiger partial charge in [-0.1, -0.05) is 234 Å². The molecule has 0 N–H and O–H groups in total. The summed E-state index contributed by atoms with van der Waals surface area (Å²) in [4.78, 5) is 38.1. The topological polar surface area (TPSA) is 78.9 Å². The van der Waals surface area contributed by atoms with E-state index in [-0.39, 0.29) is 37.5 Å². The van der Waals surface area contributed by atoms with E-state index in [2.05, 4.69) is 118 Å². The molecule has 0 unspecified atom stereocenters. The average Bonchev–Trinajstić information content (AvgIpc) is 3.33. The molecule has 0 rings (SSSR count). The van der Waals surface area contributed by atoms with Gasteiger partial charge in [0.25, 0.3) is 0 Å². The molecule has 6 heteroatoms. The Hall–Kier alpha value is -3.67. The molecule has 0 amide bonds. The first kappa shape index (κ1) is 63.3. The molecule has 0 saturated carbocycles. The van der Waals surface area contributed by atoms with Crippen LogP contribution in [0.3, 0.4) is 0 Å². The molecule has 0 bridgehead atoms. The zero-order valence-corrected chi connectivity index (χ0v) is 43.6. The van der Waals surface area contributed by atoms with E-state index >= 15 is 0 Å². The highest BCUT2D eigenvalue weighted by molar-refractivity contribution is 5.71. The number of esters is 3. The van der Waals surface area contributed by atoms with E-state index < -0.39 is 6.10 Å². The number of carbonyl (C=O) groups is 3. The van der Waals surface area contributed by atoms with E-state index in [1.165, 1.54) is 109 Å². The van der Waals surface area contributed by atoms with Crippen LogP contribution in [0, 0.1) is 0 Å². The van der Waals surface area contributed by atoms with Gasteiger partial charge in [-0.2, -0.15) is 0 Å². The zero-order chi connectivity index (χ0) is 48.6. The third kappa shape index (κ3) is 53.2. The number of rotatable bonds is 49. The van der Waals surface area contributed by atoms with Gasteiger partial charge in [-0.15, -0.1) is 0 Å². The van der Waals surface area contributed by atoms with E-state index in [4.69, 9.17) is 14.2 Å². The molecule has 0 aliphatic heterocycles. The van der Waals surface area contributed by atoms with Gasteiger partial charge in [-0.25, -0.2) is 0 Å². The summed E-state index contributed by atoms with van der Waals surface area (Å²) in [6, 6.07) is 0. The minimum atomic E-state index is -0.810. The molecule has 0 aromatic rings. The van der Waals surface area contributed by atoms with Crippen molar-refractivity contribution in [3.05, 3.63) is 97.2 Å². The molecule has 0 aliphatic rings. The highest BCUT2D eigenvalue weighted by Crippen LogP contribution is 2.14. The summed E-state index contributed by atoms with van der Waals surface area (Å²) in [6.45, 7) is 6.45. The van der Waals surface area contributed by atoms with Crippen LogP contribution in [-0.4, -0.2) is 37.2 Å². The second-order valence-electron chi connectivity index (χ2n) is 18.1. The van der Waals surface area contributed by atoms with Crippen LogP contribution in [0.1, 0.15) is 252 Å². The average molecular weight is 931 g/mol. The fourth-order valence-electron chi connectivity index (χ4n) is 7.43. The second-order valence-corrected chi connectivity index (χ2v) is 18.1. The van der Waals surface area contributed by atoms with Crippen molar-refractivity contribution in [2.75, 3.05) is 13.2 Å². The van der Waals surface area contributed by atoms with E-state index in [9.17, 15) is 14.4 Å². The van der Waals surface area contributed by atoms with Crippen molar-refractivity contribution in [3.63, 3.8) is 0 Å². The van der Waals surface area contributed by atoms with Crippen molar-refractivity contribution in [1.29, 1.82) is 0 Å². The molecule has 67 heavy (non-hydrogen) atoms. The molecular weight excluding hydrogens is 829 g/mol. The monoisotopic (exact) mass is 931 g/mol. The molecule has 1 atom stereocenters. The van der Waals surface area contributed by atoms with E-state index in [0.717, 1.165) is 96.3 Å². The van der Waals surface area contributed by atoms with Crippen LogP contribution in [-0.2, 0) is 28.6 Å². The maximum Gasteiger partial charge on any atom is 0.306 e. The molecule has 0 spiro atoms. The van der Waals surface area contributed by atoms with Crippen molar-refractivity contribution in [2.24, 2.45) is 0 Å². The number of hydrogen-bond donors (Lipinski definition) is 0. The van der Waals surface area contributed by atoms with Crippen LogP contribution in [0.15, 0.2) is 97.2 Å². The number of carbonyl (C=O) groups excluding carboxylic acids is 3. The second kappa shape index (κ2) is 54.9. The first-order chi connectivity index (χ1) is 33.0. The smallest absolute Gasteiger partial charge is 0.306 e. The summed E-state index contributed by atoms with van der Waals surface area (Å²) in [6.07, 6.45) is 72.5. The van der Waals surface area contributed by atoms with E-state index in [1.54, 1.807) is 0 Å². The summed E-state index contributed by atoms with van der Waals surface area (Å²) in [5, 5.41) is 0. The van der Waals surface area contributed by atoms with Crippen LogP contribution >= 0.6 is 0 Å². The fourth-order valence-corrected chi connectivity index (χ4v) is 7.43. The fraction of sp³-hybridized carbons (Fsp3) is 0.689. The van der Waals surface area contributed by atoms with Crippen molar-refractivity contribution < 1.29 is 28.6 Å². The summed E-state index contributed by atoms with van der Waals surface area (Å²) in [5.41, 5.74) is 0. The lowest BCUT2D eigenvalue weighted by molar-refractivity contribution is -0.167. The predicted octanol–water partition coefficient (Wildman–Crippen LogP) is 18.5. The van der Waals surface area contributed by atoms with Crippen LogP contribution in [0.2, 0.25) is 0 Å². The number of hydrogen-bond acceptors (Lipinski definition) is 6. The number of allylic oxidation sites excluding steroid dienone is 16. The Labute approximate surface area is 413 Å². The Bertz CT molecular complexity index is 1350. The SMILES string of the molecule is CC/C=C\C/C=C\C/C=C\C/C=C\C/C=C\CCCCCC(=O)OC[C@H](COC(=O)CCC/C=C\C/C=C\C/C=C\CCCCCCCC)OC(=O)CCCCCCCCCCCCCCC. The van der Waals surface area contributed by atoms with Crippen molar-refractivity contribution in [2.45, 2.75) is 258 Å². The van der Waals surface area contributed by atoms with Crippen LogP contribution in [0.25, 0.3) is 0 Å². The normalized spacial score (nSPS) is 12.8. The minimum Gasteiger partial charge on any atom is -0.462 e. The zero-order valence-electron chi connectivity index (χ0n) is 43.6. The molecule has 0 saturated heterocycles. The highest BCUT2D eigenvalue weighted by atomic mass is 16.6. The molecule has 0 fully saturated rings. The molecule has 0 heterocycles.